The van der Waals surface area contributed by atoms with E-state index in [9.17, 15) is 33.6 Å². The van der Waals surface area contributed by atoms with E-state index in [4.69, 9.17) is 56.8 Å². The summed E-state index contributed by atoms with van der Waals surface area (Å²) in [6.45, 7) is 16.1. The fraction of sp³-hybridized carbons (Fsp3) is 0.622. The smallest absolute Gasteiger partial charge is 0.343 e. The third-order valence-electron chi connectivity index (χ3n) is 21.7. The normalized spacial score (nSPS) is 16.2. The van der Waals surface area contributed by atoms with E-state index in [1.54, 1.807) is 48.5 Å². The standard InChI is InChI=1S/C38H62O10.C33H44O7.C27H36O3/c1-3-5-6-7-13-25-42-32-20-21-34(43-26-14-8-9-15-27-45-36(40)23-22-35(39)44-24-4-2)33(31-32)38(41)48-30-17-11-10-16-28-46-37-19-12-18-29-47-37;1-3-8-25-9-11-26(12-10-25)27-13-19-30(20-14-27)40-33(36)28-15-17-29(18-16-28)38-23-6-4-5-7-24-39-32(35)22-21-31(34)37-2;1-3-5-6-20-29-25-16-14-24(15-17-25)27(28)30-26-18-12-23(13-19-26)22-10-8-21(7-4-2)9-11-22/h20-21,31,37H,3-19,22-30H2,1-2H3;13-20,25-26H,3-12,21-24H2,1-2H3;12-19,21-22H,3-11,20H2,1-2H3. The van der Waals surface area contributed by atoms with Gasteiger partial charge in [-0.3, -0.25) is 19.2 Å². The van der Waals surface area contributed by atoms with Gasteiger partial charge in [0.25, 0.3) is 0 Å². The summed E-state index contributed by atoms with van der Waals surface area (Å²) < 4.78 is 71.4. The Morgan fingerprint density at radius 3 is 1.14 bits per heavy atom. The highest BCUT2D eigenvalue weighted by atomic mass is 16.7. The SMILES string of the molecule is CCCC1CCC(c2ccc(OC(=O)c3ccc(OCCCCCCOC(=O)CCC(=O)OC)cc3)cc2)CC1.CCCCCCCOc1ccc(OCCCCCCOC(=O)CCC(=O)OCCC)c(C(=O)OCCCCCCOC2CCCCO2)c1.CCCCCOc1ccc(C(=O)Oc2ccc(C3CCC(CCC)CC3)cc2)cc1. The third kappa shape index (κ3) is 42.4. The van der Waals surface area contributed by atoms with Gasteiger partial charge < -0.3 is 61.6 Å². The average molecular weight is 1640 g/mol. The number of rotatable bonds is 55. The van der Waals surface area contributed by atoms with Crippen LogP contribution in [0.5, 0.6) is 34.5 Å². The molecular weight excluding hydrogens is 1500 g/mol. The second-order valence-corrected chi connectivity index (χ2v) is 31.4. The van der Waals surface area contributed by atoms with Gasteiger partial charge in [0, 0.05) is 13.2 Å². The number of methoxy groups -OCH3 is 1. The lowest BCUT2D eigenvalue weighted by Gasteiger charge is -2.28. The highest BCUT2D eigenvalue weighted by molar-refractivity contribution is 5.93. The van der Waals surface area contributed by atoms with E-state index in [1.807, 2.05) is 49.4 Å². The van der Waals surface area contributed by atoms with Crippen molar-refractivity contribution < 1.29 is 95.1 Å². The van der Waals surface area contributed by atoms with Gasteiger partial charge in [-0.15, -0.1) is 0 Å². The van der Waals surface area contributed by atoms with Crippen LogP contribution in [-0.2, 0) is 52.3 Å². The quantitative estimate of drug-likeness (QED) is 0.0152. The summed E-state index contributed by atoms with van der Waals surface area (Å²) in [6, 6.07) is 35.7. The first-order valence-electron chi connectivity index (χ1n) is 45.1. The molecule has 5 aromatic carbocycles. The van der Waals surface area contributed by atoms with Crippen LogP contribution in [0.3, 0.4) is 0 Å². The maximum absolute atomic E-state index is 13.1. The van der Waals surface area contributed by atoms with Crippen LogP contribution in [0, 0.1) is 11.8 Å². The molecule has 3 aliphatic rings. The van der Waals surface area contributed by atoms with Crippen LogP contribution in [0.15, 0.2) is 115 Å². The summed E-state index contributed by atoms with van der Waals surface area (Å²) >= 11 is 0. The molecule has 20 heteroatoms. The zero-order valence-corrected chi connectivity index (χ0v) is 72.4. The highest BCUT2D eigenvalue weighted by Crippen LogP contribution is 2.40. The van der Waals surface area contributed by atoms with Crippen LogP contribution < -0.4 is 28.4 Å². The fourth-order valence-electron chi connectivity index (χ4n) is 14.7. The summed E-state index contributed by atoms with van der Waals surface area (Å²) in [5.74, 6) is 4.17. The summed E-state index contributed by atoms with van der Waals surface area (Å²) in [7, 11) is 1.29. The Kier molecular flexibility index (Phi) is 51.5. The molecule has 0 amide bonds. The van der Waals surface area contributed by atoms with Crippen molar-refractivity contribution in [2.75, 3.05) is 73.2 Å². The van der Waals surface area contributed by atoms with Crippen molar-refractivity contribution in [2.45, 2.75) is 310 Å². The van der Waals surface area contributed by atoms with Gasteiger partial charge >= 0.3 is 41.8 Å². The molecule has 1 heterocycles. The molecule has 1 saturated heterocycles. The van der Waals surface area contributed by atoms with Crippen molar-refractivity contribution in [1.82, 2.24) is 0 Å². The molecule has 0 aromatic heterocycles. The van der Waals surface area contributed by atoms with Crippen molar-refractivity contribution in [3.05, 3.63) is 143 Å². The molecular formula is C98H142O20. The lowest BCUT2D eigenvalue weighted by molar-refractivity contribution is -0.162. The van der Waals surface area contributed by atoms with Crippen molar-refractivity contribution in [3.8, 4) is 34.5 Å². The van der Waals surface area contributed by atoms with E-state index in [-0.39, 0.29) is 61.8 Å². The Balaban J connectivity index is 0.000000282. The number of ether oxygens (including phenoxy) is 13. The van der Waals surface area contributed by atoms with Gasteiger partial charge in [0.15, 0.2) is 6.29 Å². The summed E-state index contributed by atoms with van der Waals surface area (Å²) in [5, 5.41) is 0. The highest BCUT2D eigenvalue weighted by Gasteiger charge is 2.25. The Morgan fingerprint density at radius 2 is 0.712 bits per heavy atom. The number of unbranched alkanes of at least 4 members (excludes halogenated alkanes) is 15. The van der Waals surface area contributed by atoms with Crippen LogP contribution in [0.4, 0.5) is 0 Å². The predicted molar refractivity (Wildman–Crippen MR) is 460 cm³/mol. The maximum atomic E-state index is 13.1. The molecule has 8 rings (SSSR count). The Morgan fingerprint density at radius 1 is 0.331 bits per heavy atom. The summed E-state index contributed by atoms with van der Waals surface area (Å²) in [4.78, 5) is 84.0. The van der Waals surface area contributed by atoms with Crippen molar-refractivity contribution in [2.24, 2.45) is 11.8 Å². The minimum Gasteiger partial charge on any atom is -0.494 e. The zero-order valence-electron chi connectivity index (χ0n) is 72.4. The second-order valence-electron chi connectivity index (χ2n) is 31.4. The number of hydrogen-bond acceptors (Lipinski definition) is 20. The molecule has 1 aliphatic heterocycles. The first-order chi connectivity index (χ1) is 57.7. The lowest BCUT2D eigenvalue weighted by atomic mass is 9.77. The largest absolute Gasteiger partial charge is 0.494 e. The van der Waals surface area contributed by atoms with Crippen molar-refractivity contribution >= 4 is 41.8 Å². The molecule has 5 aromatic rings. The van der Waals surface area contributed by atoms with Crippen LogP contribution in [0.25, 0.3) is 0 Å². The predicted octanol–water partition coefficient (Wildman–Crippen LogP) is 23.5. The lowest BCUT2D eigenvalue weighted by Crippen LogP contribution is -2.22. The van der Waals surface area contributed by atoms with Crippen molar-refractivity contribution in [1.29, 1.82) is 0 Å². The van der Waals surface area contributed by atoms with E-state index in [0.717, 1.165) is 140 Å². The van der Waals surface area contributed by atoms with E-state index in [1.165, 1.54) is 134 Å². The Labute approximate surface area is 705 Å². The fourth-order valence-corrected chi connectivity index (χ4v) is 14.7. The number of esters is 7. The third-order valence-corrected chi connectivity index (χ3v) is 21.7. The molecule has 1 unspecified atom stereocenters. The van der Waals surface area contributed by atoms with Gasteiger partial charge in [0.2, 0.25) is 0 Å². The van der Waals surface area contributed by atoms with Crippen LogP contribution in [-0.4, -0.2) is 121 Å². The number of benzene rings is 5. The Bertz CT molecular complexity index is 3520. The van der Waals surface area contributed by atoms with Gasteiger partial charge in [-0.2, -0.15) is 0 Å². The number of carbonyl (C=O) groups is 7. The maximum Gasteiger partial charge on any atom is 0.343 e. The molecule has 654 valence electrons. The van der Waals surface area contributed by atoms with E-state index >= 15 is 0 Å². The molecule has 0 N–H and O–H groups in total. The monoisotopic (exact) mass is 1640 g/mol. The topological polar surface area (TPSA) is 239 Å². The first kappa shape index (κ1) is 98.3. The van der Waals surface area contributed by atoms with Gasteiger partial charge in [0.1, 0.15) is 40.1 Å². The molecule has 0 spiro atoms. The first-order valence-corrected chi connectivity index (χ1v) is 45.1. The van der Waals surface area contributed by atoms with Gasteiger partial charge in [-0.05, 0) is 286 Å². The molecule has 0 radical (unpaired) electrons. The average Bonchev–Trinajstić information content (AvgIpc) is 0.853. The van der Waals surface area contributed by atoms with Crippen LogP contribution in [0.2, 0.25) is 0 Å². The second kappa shape index (κ2) is 61.8. The summed E-state index contributed by atoms with van der Waals surface area (Å²) in [5.41, 5.74) is 4.10. The molecule has 1 atom stereocenters. The molecule has 3 fully saturated rings. The van der Waals surface area contributed by atoms with E-state index in [0.29, 0.717) is 117 Å². The van der Waals surface area contributed by atoms with Crippen molar-refractivity contribution in [3.63, 3.8) is 0 Å². The molecule has 118 heavy (non-hydrogen) atoms. The van der Waals surface area contributed by atoms with Gasteiger partial charge in [-0.1, -0.05) is 130 Å². The minimum absolute atomic E-state index is 0.0376. The van der Waals surface area contributed by atoms with Gasteiger partial charge in [-0.25, -0.2) is 14.4 Å². The molecule has 20 nitrogen and oxygen atoms in total. The van der Waals surface area contributed by atoms with E-state index in [2.05, 4.69) is 56.7 Å². The van der Waals surface area contributed by atoms with Crippen LogP contribution in [0.1, 0.15) is 345 Å². The zero-order chi connectivity index (χ0) is 84.3. The van der Waals surface area contributed by atoms with E-state index < -0.39 is 11.9 Å². The molecule has 2 saturated carbocycles. The number of hydrogen-bond donors (Lipinski definition) is 0. The van der Waals surface area contributed by atoms with Crippen LogP contribution >= 0.6 is 0 Å². The number of carbonyl (C=O) groups excluding carboxylic acids is 7. The van der Waals surface area contributed by atoms with Gasteiger partial charge in [0.05, 0.1) is 96.8 Å². The molecule has 0 bridgehead atoms. The Hall–Kier alpha value is -8.49. The minimum atomic E-state index is -0.415. The molecule has 2 aliphatic carbocycles. The summed E-state index contributed by atoms with van der Waals surface area (Å²) in [6.07, 6.45) is 39.4.